The van der Waals surface area contributed by atoms with Gasteiger partial charge in [0.25, 0.3) is 0 Å². The smallest absolute Gasteiger partial charge is 0.326 e. The molecule has 21 heavy (non-hydrogen) atoms. The van der Waals surface area contributed by atoms with Gasteiger partial charge in [-0.3, -0.25) is 4.90 Å². The van der Waals surface area contributed by atoms with Crippen LogP contribution >= 0.6 is 0 Å². The van der Waals surface area contributed by atoms with Crippen molar-refractivity contribution in [1.82, 2.24) is 15.1 Å². The number of urea groups is 1. The molecule has 2 rings (SSSR count). The molecule has 0 aromatic rings. The summed E-state index contributed by atoms with van der Waals surface area (Å²) in [6, 6.07) is 0.0166. The lowest BCUT2D eigenvalue weighted by Gasteiger charge is -2.29. The molecule has 2 unspecified atom stereocenters. The van der Waals surface area contributed by atoms with Crippen molar-refractivity contribution in [2.45, 2.75) is 63.6 Å². The fraction of sp³-hybridized carbons (Fsp3) is 0.867. The van der Waals surface area contributed by atoms with E-state index in [2.05, 4.69) is 24.2 Å². The first kappa shape index (κ1) is 16.1. The number of carbonyl (C=O) groups excluding carboxylic acids is 1. The summed E-state index contributed by atoms with van der Waals surface area (Å²) in [7, 11) is 2.08. The van der Waals surface area contributed by atoms with Gasteiger partial charge in [-0.25, -0.2) is 9.59 Å². The summed E-state index contributed by atoms with van der Waals surface area (Å²) in [6.45, 7) is 3.19. The lowest BCUT2D eigenvalue weighted by atomic mass is 10.1. The third-order valence-electron chi connectivity index (χ3n) is 4.67. The molecule has 0 aromatic carbocycles. The van der Waals surface area contributed by atoms with E-state index in [1.54, 1.807) is 0 Å². The fourth-order valence-corrected chi connectivity index (χ4v) is 2.93. The maximum Gasteiger partial charge on any atom is 0.326 e. The number of carboxylic acids is 1. The average Bonchev–Trinajstić information content (AvgIpc) is 3.28. The topological polar surface area (TPSA) is 72.9 Å². The van der Waals surface area contributed by atoms with Crippen molar-refractivity contribution in [1.29, 1.82) is 0 Å². The van der Waals surface area contributed by atoms with E-state index in [0.29, 0.717) is 25.6 Å². The standard InChI is InChI=1S/C15H27N3O3/c1-11(17(2)12-7-8-12)10-16-15(21)18-9-5-3-4-6-13(18)14(19)20/h11-13H,3-10H2,1-2H3,(H,16,21)(H,19,20). The Labute approximate surface area is 126 Å². The molecule has 1 saturated carbocycles. The molecular formula is C15H27N3O3. The molecule has 2 fully saturated rings. The van der Waals surface area contributed by atoms with Crippen LogP contribution in [0.5, 0.6) is 0 Å². The van der Waals surface area contributed by atoms with Crippen LogP contribution in [0.1, 0.15) is 45.4 Å². The molecule has 6 heteroatoms. The summed E-state index contributed by atoms with van der Waals surface area (Å²) in [6.07, 6.45) is 5.79. The zero-order valence-corrected chi connectivity index (χ0v) is 13.0. The first-order chi connectivity index (χ1) is 10.0. The van der Waals surface area contributed by atoms with Crippen LogP contribution in [0, 0.1) is 0 Å². The summed E-state index contributed by atoms with van der Waals surface area (Å²) >= 11 is 0. The van der Waals surface area contributed by atoms with E-state index in [4.69, 9.17) is 0 Å². The normalized spacial score (nSPS) is 24.5. The molecule has 2 amide bonds. The van der Waals surface area contributed by atoms with Crippen molar-refractivity contribution in [2.24, 2.45) is 0 Å². The predicted octanol–water partition coefficient (Wildman–Crippen LogP) is 1.51. The number of carbonyl (C=O) groups is 2. The molecule has 2 aliphatic rings. The Hall–Kier alpha value is -1.30. The van der Waals surface area contributed by atoms with Gasteiger partial charge < -0.3 is 15.3 Å². The van der Waals surface area contributed by atoms with Gasteiger partial charge in [-0.15, -0.1) is 0 Å². The summed E-state index contributed by atoms with van der Waals surface area (Å²) in [5.74, 6) is -0.893. The molecule has 0 aromatic heterocycles. The second kappa shape index (κ2) is 7.11. The van der Waals surface area contributed by atoms with E-state index in [0.717, 1.165) is 19.3 Å². The highest BCUT2D eigenvalue weighted by Gasteiger charge is 2.32. The average molecular weight is 297 g/mol. The lowest BCUT2D eigenvalue weighted by molar-refractivity contribution is -0.142. The van der Waals surface area contributed by atoms with E-state index in [1.807, 2.05) is 0 Å². The van der Waals surface area contributed by atoms with Crippen LogP contribution in [0.4, 0.5) is 4.79 Å². The van der Waals surface area contributed by atoms with E-state index in [9.17, 15) is 14.7 Å². The van der Waals surface area contributed by atoms with Gasteiger partial charge in [0.1, 0.15) is 6.04 Å². The van der Waals surface area contributed by atoms with Crippen LogP contribution in [0.3, 0.4) is 0 Å². The van der Waals surface area contributed by atoms with E-state index in [1.165, 1.54) is 17.7 Å². The van der Waals surface area contributed by atoms with Crippen molar-refractivity contribution in [2.75, 3.05) is 20.1 Å². The summed E-state index contributed by atoms with van der Waals surface area (Å²) in [5, 5.41) is 12.2. The summed E-state index contributed by atoms with van der Waals surface area (Å²) in [5.41, 5.74) is 0. The molecule has 0 spiro atoms. The van der Waals surface area contributed by atoms with Gasteiger partial charge in [0.05, 0.1) is 0 Å². The number of amides is 2. The number of hydrogen-bond acceptors (Lipinski definition) is 3. The number of aliphatic carboxylic acids is 1. The van der Waals surface area contributed by atoms with Crippen LogP contribution in [-0.4, -0.2) is 65.2 Å². The number of rotatable bonds is 5. The maximum absolute atomic E-state index is 12.3. The molecule has 6 nitrogen and oxygen atoms in total. The Balaban J connectivity index is 1.86. The van der Waals surface area contributed by atoms with Crippen LogP contribution in [0.15, 0.2) is 0 Å². The van der Waals surface area contributed by atoms with Crippen molar-refractivity contribution in [3.05, 3.63) is 0 Å². The molecule has 1 saturated heterocycles. The molecule has 2 N–H and O–H groups in total. The van der Waals surface area contributed by atoms with Crippen LogP contribution in [0.2, 0.25) is 0 Å². The van der Waals surface area contributed by atoms with Crippen LogP contribution < -0.4 is 5.32 Å². The second-order valence-corrected chi connectivity index (χ2v) is 6.33. The first-order valence-electron chi connectivity index (χ1n) is 8.00. The van der Waals surface area contributed by atoms with E-state index >= 15 is 0 Å². The monoisotopic (exact) mass is 297 g/mol. The number of nitrogens with zero attached hydrogens (tertiary/aromatic N) is 2. The molecule has 2 atom stereocenters. The largest absolute Gasteiger partial charge is 0.480 e. The first-order valence-corrected chi connectivity index (χ1v) is 8.00. The highest BCUT2D eigenvalue weighted by molar-refractivity contribution is 5.82. The molecule has 1 aliphatic heterocycles. The SMILES string of the molecule is CC(CNC(=O)N1CCCCCC1C(=O)O)N(C)C1CC1. The number of hydrogen-bond donors (Lipinski definition) is 2. The highest BCUT2D eigenvalue weighted by atomic mass is 16.4. The Bertz CT molecular complexity index is 384. The number of likely N-dealkylation sites (N-methyl/N-ethyl adjacent to an activating group) is 1. The third kappa shape index (κ3) is 4.33. The third-order valence-corrected chi connectivity index (χ3v) is 4.67. The zero-order chi connectivity index (χ0) is 15.4. The fourth-order valence-electron chi connectivity index (χ4n) is 2.93. The van der Waals surface area contributed by atoms with Crippen LogP contribution in [0.25, 0.3) is 0 Å². The Morgan fingerprint density at radius 1 is 1.29 bits per heavy atom. The van der Waals surface area contributed by atoms with Gasteiger partial charge in [-0.1, -0.05) is 12.8 Å². The number of nitrogens with one attached hydrogen (secondary N) is 1. The van der Waals surface area contributed by atoms with Gasteiger partial charge >= 0.3 is 12.0 Å². The molecule has 1 aliphatic carbocycles. The summed E-state index contributed by atoms with van der Waals surface area (Å²) < 4.78 is 0. The van der Waals surface area contributed by atoms with Gasteiger partial charge in [-0.2, -0.15) is 0 Å². The van der Waals surface area contributed by atoms with E-state index in [-0.39, 0.29) is 12.1 Å². The highest BCUT2D eigenvalue weighted by Crippen LogP contribution is 2.26. The second-order valence-electron chi connectivity index (χ2n) is 6.33. The molecule has 0 bridgehead atoms. The van der Waals surface area contributed by atoms with Crippen molar-refractivity contribution < 1.29 is 14.7 Å². The molecule has 0 radical (unpaired) electrons. The lowest BCUT2D eigenvalue weighted by Crippen LogP contribution is -2.51. The minimum atomic E-state index is -0.893. The Morgan fingerprint density at radius 2 is 2.00 bits per heavy atom. The van der Waals surface area contributed by atoms with Gasteiger partial charge in [0, 0.05) is 25.2 Å². The Kier molecular flexibility index (Phi) is 5.45. The van der Waals surface area contributed by atoms with E-state index < -0.39 is 12.0 Å². The van der Waals surface area contributed by atoms with Gasteiger partial charge in [0.15, 0.2) is 0 Å². The van der Waals surface area contributed by atoms with Crippen molar-refractivity contribution in [3.63, 3.8) is 0 Å². The Morgan fingerprint density at radius 3 is 2.62 bits per heavy atom. The zero-order valence-electron chi connectivity index (χ0n) is 13.0. The predicted molar refractivity (Wildman–Crippen MR) is 80.2 cm³/mol. The van der Waals surface area contributed by atoms with Gasteiger partial charge in [0.2, 0.25) is 0 Å². The number of likely N-dealkylation sites (tertiary alicyclic amines) is 1. The van der Waals surface area contributed by atoms with Crippen molar-refractivity contribution >= 4 is 12.0 Å². The molecule has 120 valence electrons. The molecule has 1 heterocycles. The van der Waals surface area contributed by atoms with Crippen molar-refractivity contribution in [3.8, 4) is 0 Å². The van der Waals surface area contributed by atoms with Crippen LogP contribution in [-0.2, 0) is 4.79 Å². The molecular weight excluding hydrogens is 270 g/mol. The quantitative estimate of drug-likeness (QED) is 0.807. The maximum atomic E-state index is 12.3. The summed E-state index contributed by atoms with van der Waals surface area (Å²) in [4.78, 5) is 27.4. The van der Waals surface area contributed by atoms with Gasteiger partial charge in [-0.05, 0) is 39.7 Å². The minimum absolute atomic E-state index is 0.236. The number of carboxylic acid groups (broad SMARTS) is 1. The minimum Gasteiger partial charge on any atom is -0.480 e.